The zero-order valence-electron chi connectivity index (χ0n) is 11.6. The van der Waals surface area contributed by atoms with Gasteiger partial charge < -0.3 is 5.11 Å². The topological polar surface area (TPSA) is 95.7 Å². The molecule has 0 aliphatic carbocycles. The molecule has 0 spiro atoms. The van der Waals surface area contributed by atoms with Crippen molar-refractivity contribution in [2.24, 2.45) is 0 Å². The maximum absolute atomic E-state index is 13.0. The Hall–Kier alpha value is -2.62. The molecular weight excluding hydrogens is 319 g/mol. The van der Waals surface area contributed by atoms with Gasteiger partial charge in [0.15, 0.2) is 0 Å². The Labute approximate surface area is 128 Å². The fourth-order valence-corrected chi connectivity index (χ4v) is 2.15. The van der Waals surface area contributed by atoms with Crippen molar-refractivity contribution in [3.8, 4) is 0 Å². The summed E-state index contributed by atoms with van der Waals surface area (Å²) in [6.07, 6.45) is -6.41. The summed E-state index contributed by atoms with van der Waals surface area (Å²) < 4.78 is 39.0. The number of alkyl halides is 3. The number of nitrogens with zero attached hydrogens (tertiary/aromatic N) is 2. The Balaban J connectivity index is 2.19. The highest BCUT2D eigenvalue weighted by molar-refractivity contribution is 5.79. The number of carbonyl (C=O) groups is 1. The maximum Gasteiger partial charge on any atom is 0.438 e. The Morgan fingerprint density at radius 2 is 2.00 bits per heavy atom. The molecule has 2 N–H and O–H groups in total. The fourth-order valence-electron chi connectivity index (χ4n) is 2.15. The van der Waals surface area contributed by atoms with E-state index in [2.05, 4.69) is 12.0 Å². The lowest BCUT2D eigenvalue weighted by Crippen LogP contribution is -2.60. The lowest BCUT2D eigenvalue weighted by Gasteiger charge is -2.33. The van der Waals surface area contributed by atoms with E-state index in [0.29, 0.717) is 0 Å². The fraction of sp³-hybridized carbons (Fsp3) is 0.308. The van der Waals surface area contributed by atoms with Crippen molar-refractivity contribution in [2.45, 2.75) is 24.7 Å². The van der Waals surface area contributed by atoms with Gasteiger partial charge in [0.05, 0.1) is 11.3 Å². The molecule has 1 aromatic carbocycles. The van der Waals surface area contributed by atoms with Crippen LogP contribution >= 0.6 is 0 Å². The second kappa shape index (κ2) is 5.54. The lowest BCUT2D eigenvalue weighted by molar-refractivity contribution is -0.384. The van der Waals surface area contributed by atoms with Gasteiger partial charge in [-0.25, -0.2) is 5.01 Å². The van der Waals surface area contributed by atoms with Crippen LogP contribution in [0.25, 0.3) is 0 Å². The van der Waals surface area contributed by atoms with Crippen LogP contribution in [0.5, 0.6) is 0 Å². The molecule has 0 aromatic heterocycles. The van der Waals surface area contributed by atoms with E-state index in [1.807, 2.05) is 0 Å². The van der Waals surface area contributed by atoms with Crippen molar-refractivity contribution in [3.05, 3.63) is 52.2 Å². The minimum atomic E-state index is -5.06. The highest BCUT2D eigenvalue weighted by atomic mass is 19.4. The van der Waals surface area contributed by atoms with Gasteiger partial charge in [0, 0.05) is 24.3 Å². The number of aliphatic hydroxyl groups is 1. The average Bonchev–Trinajstić information content (AvgIpc) is 2.75. The molecule has 10 heteroatoms. The maximum atomic E-state index is 13.0. The SMILES string of the molecule is C=C1CC(O)(C(F)(F)F)N(C(=O)Cc2ccc([N+](=O)[O-])cc2)N1. The summed E-state index contributed by atoms with van der Waals surface area (Å²) in [7, 11) is 0. The summed E-state index contributed by atoms with van der Waals surface area (Å²) in [6, 6.07) is 4.78. The first kappa shape index (κ1) is 16.7. The van der Waals surface area contributed by atoms with Gasteiger partial charge in [0.25, 0.3) is 11.4 Å². The Morgan fingerprint density at radius 1 is 1.43 bits per heavy atom. The molecule has 1 amide bonds. The zero-order valence-corrected chi connectivity index (χ0v) is 11.6. The number of amides is 1. The van der Waals surface area contributed by atoms with Crippen LogP contribution in [0.15, 0.2) is 36.5 Å². The Bertz CT molecular complexity index is 659. The Kier molecular flexibility index (Phi) is 4.03. The van der Waals surface area contributed by atoms with Crippen LogP contribution in [0.2, 0.25) is 0 Å². The number of halogens is 3. The monoisotopic (exact) mass is 331 g/mol. The molecule has 0 radical (unpaired) electrons. The molecule has 124 valence electrons. The van der Waals surface area contributed by atoms with E-state index in [-0.39, 0.29) is 22.0 Å². The Morgan fingerprint density at radius 3 is 2.48 bits per heavy atom. The van der Waals surface area contributed by atoms with Crippen molar-refractivity contribution in [1.82, 2.24) is 10.4 Å². The number of nitro groups is 1. The van der Waals surface area contributed by atoms with Gasteiger partial charge in [0.1, 0.15) is 0 Å². The van der Waals surface area contributed by atoms with Crippen LogP contribution in [0.3, 0.4) is 0 Å². The van der Waals surface area contributed by atoms with Gasteiger partial charge in [-0.1, -0.05) is 18.7 Å². The number of hydrogen-bond donors (Lipinski definition) is 2. The molecule has 1 saturated heterocycles. The van der Waals surface area contributed by atoms with Gasteiger partial charge in [-0.05, 0) is 5.56 Å². The van der Waals surface area contributed by atoms with Crippen LogP contribution in [0.4, 0.5) is 18.9 Å². The first-order valence-electron chi connectivity index (χ1n) is 6.34. The molecule has 2 rings (SSSR count). The van der Waals surface area contributed by atoms with Crippen molar-refractivity contribution in [2.75, 3.05) is 0 Å². The number of nitrogens with one attached hydrogen (secondary N) is 1. The molecule has 0 saturated carbocycles. The van der Waals surface area contributed by atoms with E-state index < -0.39 is 35.6 Å². The smallest absolute Gasteiger partial charge is 0.362 e. The van der Waals surface area contributed by atoms with E-state index in [4.69, 9.17) is 0 Å². The molecule has 1 atom stereocenters. The highest BCUT2D eigenvalue weighted by Crippen LogP contribution is 2.40. The normalized spacial score (nSPS) is 21.2. The van der Waals surface area contributed by atoms with Gasteiger partial charge >= 0.3 is 6.18 Å². The van der Waals surface area contributed by atoms with E-state index in [0.717, 1.165) is 12.1 Å². The molecule has 1 aliphatic heterocycles. The third-order valence-electron chi connectivity index (χ3n) is 3.31. The van der Waals surface area contributed by atoms with E-state index in [1.54, 1.807) is 0 Å². The van der Waals surface area contributed by atoms with E-state index >= 15 is 0 Å². The number of benzene rings is 1. The molecule has 1 unspecified atom stereocenters. The summed E-state index contributed by atoms with van der Waals surface area (Å²) >= 11 is 0. The molecular formula is C13H12F3N3O4. The third kappa shape index (κ3) is 3.11. The average molecular weight is 331 g/mol. The molecule has 1 aliphatic rings. The summed E-state index contributed by atoms with van der Waals surface area (Å²) in [5.74, 6) is -1.04. The summed E-state index contributed by atoms with van der Waals surface area (Å²) in [5, 5.41) is 20.4. The van der Waals surface area contributed by atoms with Gasteiger partial charge in [-0.3, -0.25) is 20.3 Å². The van der Waals surface area contributed by atoms with Gasteiger partial charge in [-0.15, -0.1) is 0 Å². The lowest BCUT2D eigenvalue weighted by atomic mass is 10.1. The van der Waals surface area contributed by atoms with Gasteiger partial charge in [0.2, 0.25) is 5.91 Å². The van der Waals surface area contributed by atoms with Crippen LogP contribution in [0, 0.1) is 10.1 Å². The minimum absolute atomic E-state index is 0.0940. The van der Waals surface area contributed by atoms with E-state index in [1.165, 1.54) is 12.1 Å². The number of rotatable bonds is 3. The zero-order chi connectivity index (χ0) is 17.4. The molecule has 23 heavy (non-hydrogen) atoms. The second-order valence-corrected chi connectivity index (χ2v) is 5.04. The predicted octanol–water partition coefficient (Wildman–Crippen LogP) is 1.64. The minimum Gasteiger partial charge on any atom is -0.362 e. The number of hydrogen-bond acceptors (Lipinski definition) is 5. The number of nitro benzene ring substituents is 1. The molecule has 1 heterocycles. The van der Waals surface area contributed by atoms with Crippen molar-refractivity contribution < 1.29 is 28.0 Å². The number of hydrazine groups is 1. The van der Waals surface area contributed by atoms with Crippen LogP contribution in [-0.2, 0) is 11.2 Å². The quantitative estimate of drug-likeness (QED) is 0.648. The van der Waals surface area contributed by atoms with Gasteiger partial charge in [-0.2, -0.15) is 13.2 Å². The third-order valence-corrected chi connectivity index (χ3v) is 3.31. The van der Waals surface area contributed by atoms with Crippen LogP contribution in [0.1, 0.15) is 12.0 Å². The molecule has 0 bridgehead atoms. The molecule has 1 fully saturated rings. The summed E-state index contributed by atoms with van der Waals surface area (Å²) in [5.41, 5.74) is -1.35. The van der Waals surface area contributed by atoms with Crippen molar-refractivity contribution >= 4 is 11.6 Å². The first-order valence-corrected chi connectivity index (χ1v) is 6.34. The standard InChI is InChI=1S/C13H12F3N3O4/c1-8-7-12(21,13(14,15)16)18(17-8)11(20)6-9-2-4-10(5-3-9)19(22)23/h2-5,17,21H,1,6-7H2. The highest BCUT2D eigenvalue weighted by Gasteiger charge is 2.63. The van der Waals surface area contributed by atoms with Crippen LogP contribution < -0.4 is 5.43 Å². The number of carbonyl (C=O) groups excluding carboxylic acids is 1. The molecule has 1 aromatic rings. The van der Waals surface area contributed by atoms with Crippen molar-refractivity contribution in [1.29, 1.82) is 0 Å². The predicted molar refractivity (Wildman–Crippen MR) is 71.5 cm³/mol. The first-order chi connectivity index (χ1) is 10.5. The number of non-ortho nitro benzene ring substituents is 1. The summed E-state index contributed by atoms with van der Waals surface area (Å²) in [4.78, 5) is 22.0. The van der Waals surface area contributed by atoms with Crippen molar-refractivity contribution in [3.63, 3.8) is 0 Å². The van der Waals surface area contributed by atoms with Crippen LogP contribution in [-0.4, -0.2) is 32.8 Å². The second-order valence-electron chi connectivity index (χ2n) is 5.04. The summed E-state index contributed by atoms with van der Waals surface area (Å²) in [6.45, 7) is 3.29. The van der Waals surface area contributed by atoms with E-state index in [9.17, 15) is 33.2 Å². The largest absolute Gasteiger partial charge is 0.438 e. The molecule has 7 nitrogen and oxygen atoms in total.